The Hall–Kier alpha value is -2.24. The Morgan fingerprint density at radius 3 is 2.56 bits per heavy atom. The Morgan fingerprint density at radius 2 is 1.88 bits per heavy atom. The minimum Gasteiger partial charge on any atom is -0.480 e. The van der Waals surface area contributed by atoms with Crippen molar-refractivity contribution in [1.82, 2.24) is 5.32 Å². The third-order valence-electron chi connectivity index (χ3n) is 10.7. The lowest BCUT2D eigenvalue weighted by molar-refractivity contribution is -0.184. The molecule has 10 nitrogen and oxygen atoms in total. The molecule has 0 heterocycles. The van der Waals surface area contributed by atoms with Gasteiger partial charge in [0.1, 0.15) is 11.6 Å². The number of aliphatic carboxylic acids is 1. The fourth-order valence-electron chi connectivity index (χ4n) is 8.46. The zero-order valence-corrected chi connectivity index (χ0v) is 25.0. The van der Waals surface area contributed by atoms with Crippen LogP contribution in [0.2, 0.25) is 0 Å². The van der Waals surface area contributed by atoms with Gasteiger partial charge in [-0.15, -0.1) is 0 Å². The van der Waals surface area contributed by atoms with Crippen molar-refractivity contribution < 1.29 is 44.0 Å². The largest absolute Gasteiger partial charge is 0.480 e. The van der Waals surface area contributed by atoms with Crippen LogP contribution in [0.25, 0.3) is 0 Å². The van der Waals surface area contributed by atoms with Crippen molar-refractivity contribution in [3.8, 4) is 0 Å². The van der Waals surface area contributed by atoms with E-state index in [4.69, 9.17) is 4.74 Å². The van der Waals surface area contributed by atoms with Gasteiger partial charge in [-0.1, -0.05) is 19.4 Å². The number of thioether (sulfide) groups is 1. The third kappa shape index (κ3) is 5.86. The number of ketones is 2. The second-order valence-corrected chi connectivity index (χ2v) is 13.8. The van der Waals surface area contributed by atoms with Crippen LogP contribution >= 0.6 is 11.8 Å². The summed E-state index contributed by atoms with van der Waals surface area (Å²) in [5.41, 5.74) is -1.81. The molecule has 11 heteroatoms. The van der Waals surface area contributed by atoms with E-state index in [0.717, 1.165) is 18.4 Å². The predicted molar refractivity (Wildman–Crippen MR) is 151 cm³/mol. The molecule has 4 N–H and O–H groups in total. The standard InChI is InChI=1S/C30H43NO9S/c1-28-11-8-18(32)14-17(28)4-5-19-20-9-12-30(39,29(20,2)15-22(33)26(19)28)23(34)16-40-25(36)7-6-24(35)31-21(27(37)38)10-13-41-3/h14,19-22,26,33,39H,4-13,15-16H2,1-3H3,(H,31,35)(H,37,38)/t19?,20?,21?,22?,26?,28-,29-,30-/m0/s1. The number of Topliss-reactive ketones (excluding diaryl/α,β-unsaturated/α-hetero) is 1. The van der Waals surface area contributed by atoms with Crippen LogP contribution in [-0.2, 0) is 28.7 Å². The van der Waals surface area contributed by atoms with Gasteiger partial charge in [-0.25, -0.2) is 4.79 Å². The van der Waals surface area contributed by atoms with Gasteiger partial charge >= 0.3 is 11.9 Å². The lowest BCUT2D eigenvalue weighted by atomic mass is 9.45. The summed E-state index contributed by atoms with van der Waals surface area (Å²) in [5, 5.41) is 34.9. The molecule has 228 valence electrons. The van der Waals surface area contributed by atoms with Crippen LogP contribution in [0.1, 0.15) is 78.1 Å². The minimum atomic E-state index is -1.76. The monoisotopic (exact) mass is 593 g/mol. The molecule has 4 aliphatic carbocycles. The Balaban J connectivity index is 1.35. The number of rotatable bonds is 11. The third-order valence-corrected chi connectivity index (χ3v) is 11.3. The maximum atomic E-state index is 13.4. The number of carbonyl (C=O) groups excluding carboxylic acids is 4. The molecule has 3 fully saturated rings. The molecule has 1 amide bonds. The van der Waals surface area contributed by atoms with Gasteiger partial charge in [0.2, 0.25) is 11.7 Å². The molecule has 5 unspecified atom stereocenters. The van der Waals surface area contributed by atoms with Gasteiger partial charge in [0, 0.05) is 18.3 Å². The molecule has 0 spiro atoms. The number of ether oxygens (including phenoxy) is 1. The molecule has 8 atom stereocenters. The quantitative estimate of drug-likeness (QED) is 0.261. The van der Waals surface area contributed by atoms with Gasteiger partial charge in [-0.3, -0.25) is 19.2 Å². The number of carboxylic acids is 1. The van der Waals surface area contributed by atoms with Crippen LogP contribution in [-0.4, -0.2) is 81.1 Å². The summed E-state index contributed by atoms with van der Waals surface area (Å²) in [6.45, 7) is 3.37. The maximum absolute atomic E-state index is 13.4. The van der Waals surface area contributed by atoms with Crippen LogP contribution in [0.3, 0.4) is 0 Å². The second-order valence-electron chi connectivity index (χ2n) is 12.8. The van der Waals surface area contributed by atoms with Crippen molar-refractivity contribution in [3.63, 3.8) is 0 Å². The number of aliphatic hydroxyl groups is 2. The van der Waals surface area contributed by atoms with Crippen LogP contribution in [0.5, 0.6) is 0 Å². The van der Waals surface area contributed by atoms with Gasteiger partial charge in [0.25, 0.3) is 0 Å². The number of allylic oxidation sites excluding steroid dienone is 1. The lowest BCUT2D eigenvalue weighted by Gasteiger charge is -2.60. The average molecular weight is 594 g/mol. The Morgan fingerprint density at radius 1 is 1.15 bits per heavy atom. The molecule has 4 aliphatic rings. The molecule has 0 aromatic heterocycles. The number of fused-ring (bicyclic) bond motifs is 5. The van der Waals surface area contributed by atoms with Crippen LogP contribution < -0.4 is 5.32 Å². The molecule has 0 radical (unpaired) electrons. The first-order chi connectivity index (χ1) is 19.3. The number of aliphatic hydroxyl groups excluding tert-OH is 1. The summed E-state index contributed by atoms with van der Waals surface area (Å²) in [5.74, 6) is -2.39. The van der Waals surface area contributed by atoms with Crippen LogP contribution in [0.15, 0.2) is 11.6 Å². The van der Waals surface area contributed by atoms with Crippen molar-refractivity contribution in [1.29, 1.82) is 0 Å². The molecule has 41 heavy (non-hydrogen) atoms. The summed E-state index contributed by atoms with van der Waals surface area (Å²) >= 11 is 1.46. The first kappa shape index (κ1) is 31.7. The molecule has 0 saturated heterocycles. The summed E-state index contributed by atoms with van der Waals surface area (Å²) < 4.78 is 5.15. The van der Waals surface area contributed by atoms with E-state index >= 15 is 0 Å². The molecule has 0 aromatic rings. The molecular formula is C30H43NO9S. The number of hydrogen-bond acceptors (Lipinski definition) is 9. The fourth-order valence-corrected chi connectivity index (χ4v) is 8.93. The average Bonchev–Trinajstić information content (AvgIpc) is 3.19. The highest BCUT2D eigenvalue weighted by Crippen LogP contribution is 2.67. The number of amides is 1. The number of carbonyl (C=O) groups is 5. The van der Waals surface area contributed by atoms with E-state index in [-0.39, 0.29) is 61.1 Å². The Bertz CT molecular complexity index is 1120. The molecule has 0 aromatic carbocycles. The summed E-state index contributed by atoms with van der Waals surface area (Å²) in [4.78, 5) is 61.3. The number of esters is 1. The molecule has 3 saturated carbocycles. The van der Waals surface area contributed by atoms with Crippen LogP contribution in [0, 0.1) is 28.6 Å². The first-order valence-electron chi connectivity index (χ1n) is 14.6. The Labute approximate surface area is 245 Å². The van der Waals surface area contributed by atoms with E-state index < -0.39 is 53.4 Å². The minimum absolute atomic E-state index is 0.00791. The second kappa shape index (κ2) is 12.2. The fraction of sp³-hybridized carbons (Fsp3) is 0.767. The highest BCUT2D eigenvalue weighted by Gasteiger charge is 2.68. The van der Waals surface area contributed by atoms with E-state index in [9.17, 15) is 39.3 Å². The maximum Gasteiger partial charge on any atom is 0.326 e. The van der Waals surface area contributed by atoms with Gasteiger partial charge in [0.05, 0.1) is 12.5 Å². The number of carboxylic acid groups (broad SMARTS) is 1. The topological polar surface area (TPSA) is 167 Å². The summed E-state index contributed by atoms with van der Waals surface area (Å²) in [6.07, 6.45) is 6.30. The van der Waals surface area contributed by atoms with Gasteiger partial charge in [0.15, 0.2) is 12.4 Å². The molecule has 0 aliphatic heterocycles. The highest BCUT2D eigenvalue weighted by atomic mass is 32.2. The summed E-state index contributed by atoms with van der Waals surface area (Å²) in [7, 11) is 0. The highest BCUT2D eigenvalue weighted by molar-refractivity contribution is 7.98. The van der Waals surface area contributed by atoms with Crippen molar-refractivity contribution >= 4 is 41.2 Å². The van der Waals surface area contributed by atoms with Gasteiger partial charge in [-0.05, 0) is 86.2 Å². The molecule has 4 rings (SSSR count). The van der Waals surface area contributed by atoms with Gasteiger partial charge < -0.3 is 25.4 Å². The van der Waals surface area contributed by atoms with Crippen molar-refractivity contribution in [2.75, 3.05) is 18.6 Å². The SMILES string of the molecule is CSCCC(NC(=O)CCC(=O)OCC(=O)[C@@]1(O)CCC2C3CCC4=CC(=O)CC[C@]4(C)C3C(O)C[C@@]21C)C(=O)O. The van der Waals surface area contributed by atoms with Crippen molar-refractivity contribution in [3.05, 3.63) is 11.6 Å². The zero-order chi connectivity index (χ0) is 30.2. The van der Waals surface area contributed by atoms with Gasteiger partial charge in [-0.2, -0.15) is 11.8 Å². The number of nitrogens with one attached hydrogen (secondary N) is 1. The van der Waals surface area contributed by atoms with E-state index in [2.05, 4.69) is 12.2 Å². The Kier molecular flexibility index (Phi) is 9.40. The molecular weight excluding hydrogens is 550 g/mol. The van der Waals surface area contributed by atoms with E-state index in [1.54, 1.807) is 6.08 Å². The zero-order valence-electron chi connectivity index (χ0n) is 24.1. The molecule has 0 bridgehead atoms. The number of hydrogen-bond donors (Lipinski definition) is 4. The first-order valence-corrected chi connectivity index (χ1v) is 16.0. The van der Waals surface area contributed by atoms with E-state index in [0.29, 0.717) is 25.0 Å². The smallest absolute Gasteiger partial charge is 0.326 e. The van der Waals surface area contributed by atoms with E-state index in [1.165, 1.54) is 11.8 Å². The van der Waals surface area contributed by atoms with Crippen molar-refractivity contribution in [2.45, 2.75) is 95.8 Å². The lowest BCUT2D eigenvalue weighted by Crippen LogP contribution is -2.62. The van der Waals surface area contributed by atoms with Crippen molar-refractivity contribution in [2.24, 2.45) is 28.6 Å². The van der Waals surface area contributed by atoms with Crippen LogP contribution in [0.4, 0.5) is 0 Å². The predicted octanol–water partition coefficient (Wildman–Crippen LogP) is 2.44. The normalized spacial score (nSPS) is 36.7. The summed E-state index contributed by atoms with van der Waals surface area (Å²) in [6, 6.07) is -1.04. The van der Waals surface area contributed by atoms with E-state index in [1.807, 2.05) is 13.2 Å².